The van der Waals surface area contributed by atoms with Crippen LogP contribution in [0.25, 0.3) is 10.9 Å². The van der Waals surface area contributed by atoms with Gasteiger partial charge in [0.1, 0.15) is 5.75 Å². The summed E-state index contributed by atoms with van der Waals surface area (Å²) >= 11 is 0. The van der Waals surface area contributed by atoms with Crippen LogP contribution in [0.2, 0.25) is 0 Å². The van der Waals surface area contributed by atoms with Crippen LogP contribution < -0.4 is 4.74 Å². The van der Waals surface area contributed by atoms with E-state index in [1.165, 1.54) is 24.8 Å². The Kier molecular flexibility index (Phi) is 3.24. The van der Waals surface area contributed by atoms with E-state index in [0.29, 0.717) is 6.04 Å². The number of aromatic nitrogens is 1. The first-order valence-electron chi connectivity index (χ1n) is 6.73. The van der Waals surface area contributed by atoms with Crippen molar-refractivity contribution in [2.45, 2.75) is 25.3 Å². The maximum Gasteiger partial charge on any atom is 0.120 e. The van der Waals surface area contributed by atoms with E-state index in [1.54, 1.807) is 0 Å². The molecule has 1 aromatic carbocycles. The zero-order valence-electron chi connectivity index (χ0n) is 10.9. The second kappa shape index (κ2) is 5.02. The van der Waals surface area contributed by atoms with Gasteiger partial charge in [-0.2, -0.15) is 0 Å². The normalized spacial score (nSPS) is 20.6. The van der Waals surface area contributed by atoms with Crippen molar-refractivity contribution in [3.63, 3.8) is 0 Å². The fourth-order valence-corrected chi connectivity index (χ4v) is 2.78. The number of ether oxygens (including phenoxy) is 1. The van der Waals surface area contributed by atoms with Gasteiger partial charge in [-0.15, -0.1) is 0 Å². The van der Waals surface area contributed by atoms with Crippen LogP contribution in [-0.4, -0.2) is 36.1 Å². The third-order valence-electron chi connectivity index (χ3n) is 3.92. The smallest absolute Gasteiger partial charge is 0.120 e. The lowest BCUT2D eigenvalue weighted by atomic mass is 10.1. The van der Waals surface area contributed by atoms with Gasteiger partial charge in [-0.1, -0.05) is 0 Å². The van der Waals surface area contributed by atoms with Crippen molar-refractivity contribution in [3.8, 4) is 5.75 Å². The lowest BCUT2D eigenvalue weighted by Gasteiger charge is -2.19. The maximum atomic E-state index is 5.85. The van der Waals surface area contributed by atoms with E-state index >= 15 is 0 Å². The Morgan fingerprint density at radius 1 is 1.39 bits per heavy atom. The largest absolute Gasteiger partial charge is 0.494 e. The molecule has 2 aromatic rings. The van der Waals surface area contributed by atoms with Crippen molar-refractivity contribution < 1.29 is 4.74 Å². The third kappa shape index (κ3) is 2.36. The zero-order valence-corrected chi connectivity index (χ0v) is 10.9. The van der Waals surface area contributed by atoms with Gasteiger partial charge in [-0.3, -0.25) is 0 Å². The third-order valence-corrected chi connectivity index (χ3v) is 3.92. The molecule has 1 fully saturated rings. The summed E-state index contributed by atoms with van der Waals surface area (Å²) in [4.78, 5) is 5.63. The van der Waals surface area contributed by atoms with Crippen molar-refractivity contribution in [1.29, 1.82) is 0 Å². The molecule has 0 saturated carbocycles. The van der Waals surface area contributed by atoms with Crippen LogP contribution in [0.1, 0.15) is 19.3 Å². The van der Waals surface area contributed by atoms with Gasteiger partial charge in [0.2, 0.25) is 0 Å². The van der Waals surface area contributed by atoms with Gasteiger partial charge >= 0.3 is 0 Å². The summed E-state index contributed by atoms with van der Waals surface area (Å²) in [6, 6.07) is 9.00. The van der Waals surface area contributed by atoms with Crippen molar-refractivity contribution in [2.75, 3.05) is 20.2 Å². The standard InChI is InChI=1S/C15H20N2O/c1-17-9-2-3-13(17)7-10-18-14-4-5-15-12(11-14)6-8-16-15/h4-6,8,11,13,16H,2-3,7,9-10H2,1H3. The minimum absolute atomic E-state index is 0.709. The van der Waals surface area contributed by atoms with Crippen LogP contribution in [0.3, 0.4) is 0 Å². The Morgan fingerprint density at radius 3 is 3.17 bits per heavy atom. The zero-order chi connectivity index (χ0) is 12.4. The fraction of sp³-hybridized carbons (Fsp3) is 0.467. The lowest BCUT2D eigenvalue weighted by Crippen LogP contribution is -2.26. The summed E-state index contributed by atoms with van der Waals surface area (Å²) in [7, 11) is 2.21. The number of rotatable bonds is 4. The molecule has 1 aromatic heterocycles. The highest BCUT2D eigenvalue weighted by molar-refractivity contribution is 5.80. The highest BCUT2D eigenvalue weighted by atomic mass is 16.5. The first-order chi connectivity index (χ1) is 8.83. The molecular weight excluding hydrogens is 224 g/mol. The van der Waals surface area contributed by atoms with Gasteiger partial charge in [0.05, 0.1) is 6.61 Å². The van der Waals surface area contributed by atoms with Gasteiger partial charge in [0.25, 0.3) is 0 Å². The summed E-state index contributed by atoms with van der Waals surface area (Å²) in [5.74, 6) is 0.975. The molecule has 0 aliphatic carbocycles. The molecule has 96 valence electrons. The summed E-state index contributed by atoms with van der Waals surface area (Å²) in [5.41, 5.74) is 1.16. The molecule has 1 aliphatic heterocycles. The highest BCUT2D eigenvalue weighted by Gasteiger charge is 2.20. The number of hydrogen-bond acceptors (Lipinski definition) is 2. The molecule has 3 nitrogen and oxygen atoms in total. The van der Waals surface area contributed by atoms with E-state index in [2.05, 4.69) is 35.1 Å². The fourth-order valence-electron chi connectivity index (χ4n) is 2.78. The number of hydrogen-bond donors (Lipinski definition) is 1. The number of H-pyrrole nitrogens is 1. The van der Waals surface area contributed by atoms with Crippen molar-refractivity contribution in [1.82, 2.24) is 9.88 Å². The van der Waals surface area contributed by atoms with Crippen LogP contribution in [0.5, 0.6) is 5.75 Å². The molecule has 1 unspecified atom stereocenters. The summed E-state index contributed by atoms with van der Waals surface area (Å²) in [6.07, 6.45) is 5.73. The van der Waals surface area contributed by atoms with Crippen molar-refractivity contribution >= 4 is 10.9 Å². The van der Waals surface area contributed by atoms with Gasteiger partial charge in [0, 0.05) is 23.1 Å². The molecule has 1 aliphatic rings. The first kappa shape index (κ1) is 11.6. The number of nitrogens with zero attached hydrogens (tertiary/aromatic N) is 1. The SMILES string of the molecule is CN1CCCC1CCOc1ccc2[nH]ccc2c1. The van der Waals surface area contributed by atoms with E-state index in [4.69, 9.17) is 4.74 Å². The van der Waals surface area contributed by atoms with Crippen LogP contribution in [0.4, 0.5) is 0 Å². The van der Waals surface area contributed by atoms with Crippen LogP contribution in [-0.2, 0) is 0 Å². The van der Waals surface area contributed by atoms with Crippen molar-refractivity contribution in [3.05, 3.63) is 30.5 Å². The monoisotopic (exact) mass is 244 g/mol. The number of aromatic amines is 1. The van der Waals surface area contributed by atoms with Crippen LogP contribution in [0.15, 0.2) is 30.5 Å². The Morgan fingerprint density at radius 2 is 2.33 bits per heavy atom. The predicted molar refractivity (Wildman–Crippen MR) is 74.1 cm³/mol. The van der Waals surface area contributed by atoms with Gasteiger partial charge in [-0.05, 0) is 57.1 Å². The quantitative estimate of drug-likeness (QED) is 0.895. The number of fused-ring (bicyclic) bond motifs is 1. The molecule has 0 radical (unpaired) electrons. The second-order valence-corrected chi connectivity index (χ2v) is 5.14. The van der Waals surface area contributed by atoms with Crippen LogP contribution in [0, 0.1) is 0 Å². The minimum Gasteiger partial charge on any atom is -0.494 e. The van der Waals surface area contributed by atoms with Gasteiger partial charge in [-0.25, -0.2) is 0 Å². The van der Waals surface area contributed by atoms with Gasteiger partial charge < -0.3 is 14.6 Å². The van der Waals surface area contributed by atoms with E-state index < -0.39 is 0 Å². The van der Waals surface area contributed by atoms with Crippen molar-refractivity contribution in [2.24, 2.45) is 0 Å². The molecule has 0 spiro atoms. The Balaban J connectivity index is 1.56. The molecule has 1 saturated heterocycles. The van der Waals surface area contributed by atoms with E-state index in [0.717, 1.165) is 24.3 Å². The molecule has 1 N–H and O–H groups in total. The number of likely N-dealkylation sites (tertiary alicyclic amines) is 1. The van der Waals surface area contributed by atoms with Crippen LogP contribution >= 0.6 is 0 Å². The summed E-state index contributed by atoms with van der Waals surface area (Å²) in [5, 5.41) is 1.21. The molecule has 18 heavy (non-hydrogen) atoms. The molecule has 3 rings (SSSR count). The molecule has 0 bridgehead atoms. The van der Waals surface area contributed by atoms with E-state index in [-0.39, 0.29) is 0 Å². The Hall–Kier alpha value is -1.48. The molecular formula is C15H20N2O. The summed E-state index contributed by atoms with van der Waals surface area (Å²) < 4.78 is 5.85. The molecule has 1 atom stereocenters. The van der Waals surface area contributed by atoms with E-state index in [1.807, 2.05) is 12.3 Å². The first-order valence-corrected chi connectivity index (χ1v) is 6.73. The highest BCUT2D eigenvalue weighted by Crippen LogP contribution is 2.21. The Labute approximate surface area is 108 Å². The molecule has 0 amide bonds. The lowest BCUT2D eigenvalue weighted by molar-refractivity contribution is 0.233. The maximum absolute atomic E-state index is 5.85. The number of benzene rings is 1. The van der Waals surface area contributed by atoms with E-state index in [9.17, 15) is 0 Å². The second-order valence-electron chi connectivity index (χ2n) is 5.14. The van der Waals surface area contributed by atoms with Gasteiger partial charge in [0.15, 0.2) is 0 Å². The molecule has 3 heteroatoms. The average molecular weight is 244 g/mol. The molecule has 2 heterocycles. The Bertz CT molecular complexity index is 520. The minimum atomic E-state index is 0.709. The number of nitrogens with one attached hydrogen (secondary N) is 1. The summed E-state index contributed by atoms with van der Waals surface area (Å²) in [6.45, 7) is 2.05. The average Bonchev–Trinajstić information content (AvgIpc) is 2.98. The predicted octanol–water partition coefficient (Wildman–Crippen LogP) is 3.03. The topological polar surface area (TPSA) is 28.3 Å².